The number of aromatic amines is 1. The van der Waals surface area contributed by atoms with E-state index < -0.39 is 11.5 Å². The molecule has 1 aromatic heterocycles. The molecule has 1 rings (SSSR count). The molecule has 0 bridgehead atoms. The molecule has 0 unspecified atom stereocenters. The first-order chi connectivity index (χ1) is 6.19. The topological polar surface area (TPSA) is 84.3 Å². The Bertz CT molecular complexity index is 352. The number of nitrogens with one attached hydrogen (secondary N) is 1. The lowest BCUT2D eigenvalue weighted by Crippen LogP contribution is -2.14. The summed E-state index contributed by atoms with van der Waals surface area (Å²) in [5.41, 5.74) is -0.282. The first-order valence-corrected chi connectivity index (χ1v) is 3.68. The molecule has 1 aromatic rings. The number of nitrogens with zero attached hydrogens (tertiary/aromatic N) is 1. The molecule has 0 saturated heterocycles. The van der Waals surface area contributed by atoms with Crippen LogP contribution in [0.2, 0.25) is 0 Å². The number of aromatic nitrogens is 2. The van der Waals surface area contributed by atoms with E-state index in [1.54, 1.807) is 0 Å². The van der Waals surface area contributed by atoms with Gasteiger partial charge in [0.05, 0.1) is 20.3 Å². The van der Waals surface area contributed by atoms with E-state index in [0.717, 1.165) is 6.07 Å². The Hall–Kier alpha value is -1.56. The molecule has 0 aliphatic heterocycles. The zero-order valence-corrected chi connectivity index (χ0v) is 7.11. The number of esters is 1. The third-order valence-corrected chi connectivity index (χ3v) is 1.52. The van der Waals surface area contributed by atoms with Crippen molar-refractivity contribution in [2.24, 2.45) is 0 Å². The second-order valence-corrected chi connectivity index (χ2v) is 2.37. The fraction of sp³-hybridized carbons (Fsp3) is 0.429. The van der Waals surface area contributed by atoms with Crippen LogP contribution in [0.4, 0.5) is 0 Å². The minimum atomic E-state index is -0.605. The van der Waals surface area contributed by atoms with Crippen LogP contribution in [0.5, 0.6) is 0 Å². The molecule has 13 heavy (non-hydrogen) atoms. The van der Waals surface area contributed by atoms with Crippen LogP contribution in [0.25, 0.3) is 0 Å². The smallest absolute Gasteiger partial charge is 0.356 e. The molecule has 0 saturated carbocycles. The summed E-state index contributed by atoms with van der Waals surface area (Å²) in [6, 6.07) is 1.13. The van der Waals surface area contributed by atoms with Gasteiger partial charge in [0.25, 0.3) is 5.56 Å². The van der Waals surface area contributed by atoms with Crippen molar-refractivity contribution in [3.63, 3.8) is 0 Å². The fourth-order valence-corrected chi connectivity index (χ4v) is 0.978. The second kappa shape index (κ2) is 3.90. The molecule has 0 spiro atoms. The number of carbonyl (C=O) groups excluding carboxylic acids is 1. The third-order valence-electron chi connectivity index (χ3n) is 1.52. The van der Waals surface area contributed by atoms with E-state index in [2.05, 4.69) is 9.84 Å². The van der Waals surface area contributed by atoms with Crippen LogP contribution in [0.15, 0.2) is 10.9 Å². The standard InChI is InChI=1S/C7H10N2O4/c1-13-7(12)5-4-6(11)8-9(5)2-3-10/h4,10H,2-3H2,1H3,(H,8,11). The predicted octanol–water partition coefficient (Wildman–Crippen LogP) is -1.04. The van der Waals surface area contributed by atoms with Crippen molar-refractivity contribution in [3.05, 3.63) is 22.1 Å². The van der Waals surface area contributed by atoms with E-state index in [9.17, 15) is 9.59 Å². The van der Waals surface area contributed by atoms with Gasteiger partial charge in [0.15, 0.2) is 0 Å². The van der Waals surface area contributed by atoms with E-state index in [0.29, 0.717) is 0 Å². The lowest BCUT2D eigenvalue weighted by atomic mass is 10.4. The lowest BCUT2D eigenvalue weighted by Gasteiger charge is -2.03. The van der Waals surface area contributed by atoms with Gasteiger partial charge in [0.2, 0.25) is 0 Å². The average molecular weight is 186 g/mol. The Labute approximate surface area is 73.7 Å². The zero-order valence-electron chi connectivity index (χ0n) is 7.11. The van der Waals surface area contributed by atoms with Crippen molar-refractivity contribution in [1.82, 2.24) is 9.78 Å². The molecule has 6 nitrogen and oxygen atoms in total. The maximum atomic E-state index is 11.0. The van der Waals surface area contributed by atoms with Gasteiger partial charge in [0, 0.05) is 6.07 Å². The predicted molar refractivity (Wildman–Crippen MR) is 43.5 cm³/mol. The monoisotopic (exact) mass is 186 g/mol. The number of hydrogen-bond donors (Lipinski definition) is 2. The first kappa shape index (κ1) is 9.53. The maximum absolute atomic E-state index is 11.0. The van der Waals surface area contributed by atoms with Gasteiger partial charge < -0.3 is 9.84 Å². The highest BCUT2D eigenvalue weighted by Crippen LogP contribution is 1.96. The highest BCUT2D eigenvalue weighted by atomic mass is 16.5. The van der Waals surface area contributed by atoms with Gasteiger partial charge in [0.1, 0.15) is 5.69 Å². The summed E-state index contributed by atoms with van der Waals surface area (Å²) in [7, 11) is 1.23. The fourth-order valence-electron chi connectivity index (χ4n) is 0.978. The highest BCUT2D eigenvalue weighted by molar-refractivity contribution is 5.87. The Morgan fingerprint density at radius 3 is 3.00 bits per heavy atom. The normalized spacial score (nSPS) is 10.0. The molecule has 0 aliphatic rings. The zero-order chi connectivity index (χ0) is 9.84. The Kier molecular flexibility index (Phi) is 2.86. The number of aliphatic hydroxyl groups is 1. The van der Waals surface area contributed by atoms with Crippen LogP contribution < -0.4 is 5.56 Å². The third kappa shape index (κ3) is 1.97. The van der Waals surface area contributed by atoms with Gasteiger partial charge in [-0.25, -0.2) is 4.79 Å². The molecule has 0 fully saturated rings. The van der Waals surface area contributed by atoms with Crippen LogP contribution in [0.1, 0.15) is 10.5 Å². The van der Waals surface area contributed by atoms with Crippen LogP contribution >= 0.6 is 0 Å². The molecule has 0 radical (unpaired) electrons. The molecule has 0 atom stereocenters. The Balaban J connectivity index is 3.04. The highest BCUT2D eigenvalue weighted by Gasteiger charge is 2.12. The molecule has 0 aromatic carbocycles. The van der Waals surface area contributed by atoms with Crippen LogP contribution in [-0.2, 0) is 11.3 Å². The number of hydrogen-bond acceptors (Lipinski definition) is 4. The second-order valence-electron chi connectivity index (χ2n) is 2.37. The minimum absolute atomic E-state index is 0.113. The number of rotatable bonds is 3. The first-order valence-electron chi connectivity index (χ1n) is 3.68. The number of aliphatic hydroxyl groups excluding tert-OH is 1. The Morgan fingerprint density at radius 1 is 1.77 bits per heavy atom. The lowest BCUT2D eigenvalue weighted by molar-refractivity contribution is 0.0585. The van der Waals surface area contributed by atoms with E-state index in [1.807, 2.05) is 0 Å². The SMILES string of the molecule is COC(=O)c1cc(=O)[nH]n1CCO. The molecule has 72 valence electrons. The van der Waals surface area contributed by atoms with Crippen LogP contribution in [0, 0.1) is 0 Å². The molecule has 0 amide bonds. The molecule has 2 N–H and O–H groups in total. The van der Waals surface area contributed by atoms with Crippen LogP contribution in [-0.4, -0.2) is 34.6 Å². The summed E-state index contributed by atoms with van der Waals surface area (Å²) in [6.07, 6.45) is 0. The summed E-state index contributed by atoms with van der Waals surface area (Å²) >= 11 is 0. The van der Waals surface area contributed by atoms with E-state index in [-0.39, 0.29) is 18.8 Å². The maximum Gasteiger partial charge on any atom is 0.356 e. The quantitative estimate of drug-likeness (QED) is 0.590. The van der Waals surface area contributed by atoms with Crippen molar-refractivity contribution in [3.8, 4) is 0 Å². The summed E-state index contributed by atoms with van der Waals surface area (Å²) < 4.78 is 5.68. The van der Waals surface area contributed by atoms with Gasteiger partial charge in [-0.1, -0.05) is 0 Å². The van der Waals surface area contributed by atoms with E-state index in [4.69, 9.17) is 5.11 Å². The summed E-state index contributed by atoms with van der Waals surface area (Å²) in [5, 5.41) is 11.0. The number of ether oxygens (including phenoxy) is 1. The van der Waals surface area contributed by atoms with Gasteiger partial charge >= 0.3 is 5.97 Å². The van der Waals surface area contributed by atoms with Crippen molar-refractivity contribution in [2.45, 2.75) is 6.54 Å². The van der Waals surface area contributed by atoms with Crippen molar-refractivity contribution >= 4 is 5.97 Å². The molecule has 6 heteroatoms. The average Bonchev–Trinajstić information content (AvgIpc) is 2.46. The van der Waals surface area contributed by atoms with Crippen molar-refractivity contribution in [1.29, 1.82) is 0 Å². The van der Waals surface area contributed by atoms with E-state index >= 15 is 0 Å². The summed E-state index contributed by atoms with van der Waals surface area (Å²) in [5.74, 6) is -0.605. The largest absolute Gasteiger partial charge is 0.464 e. The molecular weight excluding hydrogens is 176 g/mol. The molecular formula is C7H10N2O4. The minimum Gasteiger partial charge on any atom is -0.464 e. The Morgan fingerprint density at radius 2 is 2.46 bits per heavy atom. The number of carbonyl (C=O) groups is 1. The van der Waals surface area contributed by atoms with E-state index in [1.165, 1.54) is 11.8 Å². The van der Waals surface area contributed by atoms with Gasteiger partial charge in [-0.2, -0.15) is 0 Å². The van der Waals surface area contributed by atoms with Gasteiger partial charge in [-0.05, 0) is 0 Å². The van der Waals surface area contributed by atoms with Gasteiger partial charge in [-0.3, -0.25) is 14.6 Å². The van der Waals surface area contributed by atoms with Gasteiger partial charge in [-0.15, -0.1) is 0 Å². The number of H-pyrrole nitrogens is 1. The number of methoxy groups -OCH3 is 1. The molecule has 0 aliphatic carbocycles. The summed E-state index contributed by atoms with van der Waals surface area (Å²) in [4.78, 5) is 21.9. The molecule has 1 heterocycles. The van der Waals surface area contributed by atoms with Crippen molar-refractivity contribution < 1.29 is 14.6 Å². The van der Waals surface area contributed by atoms with Crippen LogP contribution in [0.3, 0.4) is 0 Å². The summed E-state index contributed by atoms with van der Waals surface area (Å²) in [6.45, 7) is 0.00128. The van der Waals surface area contributed by atoms with Crippen molar-refractivity contribution in [2.75, 3.05) is 13.7 Å².